The molecule has 2 aliphatic heterocycles. The molecule has 1 atom stereocenters. The lowest BCUT2D eigenvalue weighted by Gasteiger charge is -2.31. The Hall–Kier alpha value is -1.93. The lowest BCUT2D eigenvalue weighted by molar-refractivity contribution is -0.126. The van der Waals surface area contributed by atoms with E-state index in [0.717, 1.165) is 12.1 Å². The molecule has 1 N–H and O–H groups in total. The molecule has 6 nitrogen and oxygen atoms in total. The third kappa shape index (κ3) is 7.04. The second-order valence-electron chi connectivity index (χ2n) is 9.45. The zero-order valence-corrected chi connectivity index (χ0v) is 21.2. The molecule has 8 heteroatoms. The summed E-state index contributed by atoms with van der Waals surface area (Å²) in [7, 11) is -3.49. The number of hydrogen-bond donors (Lipinski definition) is 1. The average Bonchev–Trinajstić information content (AvgIpc) is 2.85. The second kappa shape index (κ2) is 11.7. The Morgan fingerprint density at radius 2 is 1.53 bits per heavy atom. The van der Waals surface area contributed by atoms with Gasteiger partial charge < -0.3 is 5.32 Å². The number of carbonyl (C=O) groups is 1. The van der Waals surface area contributed by atoms with Crippen molar-refractivity contribution >= 4 is 27.5 Å². The average molecular weight is 504 g/mol. The predicted molar refractivity (Wildman–Crippen MR) is 136 cm³/mol. The molecule has 2 aromatic rings. The van der Waals surface area contributed by atoms with Crippen LogP contribution < -0.4 is 5.32 Å². The molecule has 2 saturated heterocycles. The zero-order valence-electron chi connectivity index (χ0n) is 19.6. The third-order valence-corrected chi connectivity index (χ3v) is 8.82. The molecule has 2 aromatic carbocycles. The maximum absolute atomic E-state index is 12.9. The first-order valence-corrected chi connectivity index (χ1v) is 14.2. The minimum absolute atomic E-state index is 0.0798. The minimum atomic E-state index is -3.49. The summed E-state index contributed by atoms with van der Waals surface area (Å²) >= 11 is 5.90. The summed E-state index contributed by atoms with van der Waals surface area (Å²) < 4.78 is 27.3. The Kier molecular flexibility index (Phi) is 8.64. The number of likely N-dealkylation sites (tertiary alicyclic amines) is 1. The van der Waals surface area contributed by atoms with Gasteiger partial charge in [0, 0.05) is 31.2 Å². The number of nitrogens with one attached hydrogen (secondary N) is 1. The van der Waals surface area contributed by atoms with Gasteiger partial charge >= 0.3 is 0 Å². The van der Waals surface area contributed by atoms with Crippen molar-refractivity contribution < 1.29 is 13.2 Å². The highest BCUT2D eigenvalue weighted by molar-refractivity contribution is 7.88. The molecule has 2 aliphatic rings. The van der Waals surface area contributed by atoms with Crippen molar-refractivity contribution in [3.63, 3.8) is 0 Å². The van der Waals surface area contributed by atoms with Crippen molar-refractivity contribution in [3.05, 3.63) is 70.2 Å². The van der Waals surface area contributed by atoms with Crippen LogP contribution in [0.1, 0.15) is 48.8 Å². The van der Waals surface area contributed by atoms with Crippen LogP contribution in [0.3, 0.4) is 0 Å². The van der Waals surface area contributed by atoms with E-state index >= 15 is 0 Å². The largest absolute Gasteiger partial charge is 0.352 e. The number of halogens is 1. The molecule has 1 amide bonds. The standard InChI is InChI=1S/C26H34ClN3O3S/c27-25-12-10-23(11-13-25)20-34(32,33)30-16-4-5-24(19-30)26(31)28-17-21-6-8-22(9-7-21)18-29-14-2-1-3-15-29/h6-13,24H,1-5,14-20H2,(H,28,31). The van der Waals surface area contributed by atoms with Gasteiger partial charge in [0.2, 0.25) is 15.9 Å². The van der Waals surface area contributed by atoms with Crippen LogP contribution in [-0.4, -0.2) is 49.7 Å². The summed E-state index contributed by atoms with van der Waals surface area (Å²) in [6.07, 6.45) is 5.29. The van der Waals surface area contributed by atoms with Crippen molar-refractivity contribution in [1.29, 1.82) is 0 Å². The summed E-state index contributed by atoms with van der Waals surface area (Å²) in [5, 5.41) is 3.59. The molecule has 0 bridgehead atoms. The van der Waals surface area contributed by atoms with Gasteiger partial charge in [0.1, 0.15) is 0 Å². The Bertz CT molecular complexity index is 1050. The van der Waals surface area contributed by atoms with E-state index in [1.807, 2.05) is 0 Å². The summed E-state index contributed by atoms with van der Waals surface area (Å²) in [6, 6.07) is 15.3. The van der Waals surface area contributed by atoms with Crippen LogP contribution in [0.4, 0.5) is 0 Å². The van der Waals surface area contributed by atoms with Gasteiger partial charge in [-0.3, -0.25) is 9.69 Å². The Morgan fingerprint density at radius 1 is 0.882 bits per heavy atom. The molecule has 0 spiro atoms. The first kappa shape index (κ1) is 25.2. The Balaban J connectivity index is 1.27. The third-order valence-electron chi connectivity index (χ3n) is 6.76. The molecule has 0 aliphatic carbocycles. The Labute approximate surface area is 208 Å². The predicted octanol–water partition coefficient (Wildman–Crippen LogP) is 4.18. The fourth-order valence-corrected chi connectivity index (χ4v) is 6.50. The highest BCUT2D eigenvalue weighted by Gasteiger charge is 2.32. The fraction of sp³-hybridized carbons (Fsp3) is 0.500. The van der Waals surface area contributed by atoms with Crippen LogP contribution in [0.15, 0.2) is 48.5 Å². The lowest BCUT2D eigenvalue weighted by atomic mass is 9.98. The van der Waals surface area contributed by atoms with Crippen LogP contribution in [0.2, 0.25) is 5.02 Å². The number of amides is 1. The van der Waals surface area contributed by atoms with Crippen molar-refractivity contribution in [1.82, 2.24) is 14.5 Å². The van der Waals surface area contributed by atoms with Gasteiger partial charge in [-0.15, -0.1) is 0 Å². The lowest BCUT2D eigenvalue weighted by Crippen LogP contribution is -2.45. The van der Waals surface area contributed by atoms with Crippen molar-refractivity contribution in [2.45, 2.75) is 50.9 Å². The van der Waals surface area contributed by atoms with Crippen molar-refractivity contribution in [2.24, 2.45) is 5.92 Å². The molecule has 34 heavy (non-hydrogen) atoms. The molecule has 0 saturated carbocycles. The molecule has 0 aromatic heterocycles. The van der Waals surface area contributed by atoms with Crippen LogP contribution in [0, 0.1) is 5.92 Å². The van der Waals surface area contributed by atoms with E-state index in [9.17, 15) is 13.2 Å². The molecular weight excluding hydrogens is 470 g/mol. The van der Waals surface area contributed by atoms with E-state index < -0.39 is 10.0 Å². The van der Waals surface area contributed by atoms with Crippen LogP contribution in [0.25, 0.3) is 0 Å². The van der Waals surface area contributed by atoms with Gasteiger partial charge in [0.05, 0.1) is 11.7 Å². The maximum atomic E-state index is 12.9. The first-order chi connectivity index (χ1) is 16.4. The summed E-state index contributed by atoms with van der Waals surface area (Å²) in [5.41, 5.74) is 3.05. The number of hydrogen-bond acceptors (Lipinski definition) is 4. The van der Waals surface area contributed by atoms with Crippen molar-refractivity contribution in [2.75, 3.05) is 26.2 Å². The van der Waals surface area contributed by atoms with Gasteiger partial charge in [0.15, 0.2) is 0 Å². The quantitative estimate of drug-likeness (QED) is 0.586. The zero-order chi connectivity index (χ0) is 24.0. The highest BCUT2D eigenvalue weighted by Crippen LogP contribution is 2.22. The van der Waals surface area contributed by atoms with Gasteiger partial charge in [-0.25, -0.2) is 12.7 Å². The molecule has 2 heterocycles. The van der Waals surface area contributed by atoms with Gasteiger partial charge in [0.25, 0.3) is 0 Å². The molecular formula is C26H34ClN3O3S. The number of rotatable bonds is 8. The van der Waals surface area contributed by atoms with E-state index in [-0.39, 0.29) is 24.1 Å². The molecule has 1 unspecified atom stereocenters. The van der Waals surface area contributed by atoms with Crippen LogP contribution >= 0.6 is 11.6 Å². The van der Waals surface area contributed by atoms with E-state index in [0.29, 0.717) is 36.5 Å². The molecule has 4 rings (SSSR count). The van der Waals surface area contributed by atoms with Gasteiger partial charge in [-0.2, -0.15) is 0 Å². The SMILES string of the molecule is O=C(NCc1ccc(CN2CCCCC2)cc1)C1CCCN(S(=O)(=O)Cc2ccc(Cl)cc2)C1. The van der Waals surface area contributed by atoms with Crippen LogP contribution in [-0.2, 0) is 33.7 Å². The summed E-state index contributed by atoms with van der Waals surface area (Å²) in [6.45, 7) is 4.47. The topological polar surface area (TPSA) is 69.7 Å². The van der Waals surface area contributed by atoms with Crippen molar-refractivity contribution in [3.8, 4) is 0 Å². The van der Waals surface area contributed by atoms with Gasteiger partial charge in [-0.05, 0) is 67.6 Å². The number of piperidine rings is 2. The van der Waals surface area contributed by atoms with E-state index in [1.165, 1.54) is 42.2 Å². The maximum Gasteiger partial charge on any atom is 0.224 e. The Morgan fingerprint density at radius 3 is 2.24 bits per heavy atom. The monoisotopic (exact) mass is 503 g/mol. The minimum Gasteiger partial charge on any atom is -0.352 e. The molecule has 0 radical (unpaired) electrons. The molecule has 2 fully saturated rings. The van der Waals surface area contributed by atoms with E-state index in [4.69, 9.17) is 11.6 Å². The second-order valence-corrected chi connectivity index (χ2v) is 11.9. The normalized spacial score (nSPS) is 20.2. The number of sulfonamides is 1. The van der Waals surface area contributed by atoms with Crippen LogP contribution in [0.5, 0.6) is 0 Å². The smallest absolute Gasteiger partial charge is 0.224 e. The summed E-state index contributed by atoms with van der Waals surface area (Å²) in [4.78, 5) is 15.3. The number of carbonyl (C=O) groups excluding carboxylic acids is 1. The van der Waals surface area contributed by atoms with E-state index in [2.05, 4.69) is 34.5 Å². The highest BCUT2D eigenvalue weighted by atomic mass is 35.5. The molecule has 184 valence electrons. The number of nitrogens with zero attached hydrogens (tertiary/aromatic N) is 2. The first-order valence-electron chi connectivity index (χ1n) is 12.2. The van der Waals surface area contributed by atoms with Gasteiger partial charge in [-0.1, -0.05) is 54.4 Å². The van der Waals surface area contributed by atoms with E-state index in [1.54, 1.807) is 24.3 Å². The number of benzene rings is 2. The fourth-order valence-electron chi connectivity index (χ4n) is 4.76. The summed E-state index contributed by atoms with van der Waals surface area (Å²) in [5.74, 6) is -0.488.